The van der Waals surface area contributed by atoms with Gasteiger partial charge in [-0.3, -0.25) is 0 Å². The molecule has 0 aliphatic rings. The van der Waals surface area contributed by atoms with Crippen LogP contribution in [0.15, 0.2) is 108 Å². The maximum atomic E-state index is 12.7. The third kappa shape index (κ3) is 6.40. The Balaban J connectivity index is 1.78. The van der Waals surface area contributed by atoms with Crippen LogP contribution in [0.5, 0.6) is 0 Å². The van der Waals surface area contributed by atoms with Crippen LogP contribution >= 0.6 is 0 Å². The Morgan fingerprint density at radius 2 is 1.31 bits per heavy atom. The van der Waals surface area contributed by atoms with Crippen LogP contribution in [-0.4, -0.2) is 29.1 Å². The van der Waals surface area contributed by atoms with E-state index in [1.165, 1.54) is 10.4 Å². The number of allylic oxidation sites excluding steroid dienone is 1. The number of rotatable bonds is 10. The van der Waals surface area contributed by atoms with Gasteiger partial charge in [0, 0.05) is 6.61 Å². The molecule has 0 spiro atoms. The van der Waals surface area contributed by atoms with E-state index >= 15 is 0 Å². The highest BCUT2D eigenvalue weighted by Crippen LogP contribution is 2.37. The molecular formula is C30H38O3SSi. The number of hydrogen-bond donors (Lipinski definition) is 0. The highest BCUT2D eigenvalue weighted by molar-refractivity contribution is 7.91. The molecule has 0 radical (unpaired) electrons. The molecule has 0 heterocycles. The normalized spacial score (nSPS) is 14.0. The molecule has 0 saturated heterocycles. The van der Waals surface area contributed by atoms with Crippen molar-refractivity contribution >= 4 is 28.5 Å². The van der Waals surface area contributed by atoms with Gasteiger partial charge in [0.2, 0.25) is 0 Å². The predicted molar refractivity (Wildman–Crippen MR) is 150 cm³/mol. The van der Waals surface area contributed by atoms with Gasteiger partial charge >= 0.3 is 0 Å². The van der Waals surface area contributed by atoms with Gasteiger partial charge in [-0.25, -0.2) is 8.42 Å². The lowest BCUT2D eigenvalue weighted by atomic mass is 10.00. The summed E-state index contributed by atoms with van der Waals surface area (Å²) in [7, 11) is -5.88. The molecule has 186 valence electrons. The molecule has 35 heavy (non-hydrogen) atoms. The molecule has 0 fully saturated rings. The van der Waals surface area contributed by atoms with E-state index in [1.54, 1.807) is 24.3 Å². The van der Waals surface area contributed by atoms with Crippen molar-refractivity contribution in [2.24, 2.45) is 5.92 Å². The highest BCUT2D eigenvalue weighted by Gasteiger charge is 2.50. The van der Waals surface area contributed by atoms with Crippen molar-refractivity contribution in [3.63, 3.8) is 0 Å². The summed E-state index contributed by atoms with van der Waals surface area (Å²) in [6.07, 6.45) is 2.69. The maximum Gasteiger partial charge on any atom is 0.261 e. The Kier molecular flexibility index (Phi) is 8.92. The van der Waals surface area contributed by atoms with E-state index in [9.17, 15) is 8.42 Å². The van der Waals surface area contributed by atoms with Gasteiger partial charge < -0.3 is 4.43 Å². The van der Waals surface area contributed by atoms with E-state index in [0.717, 1.165) is 12.0 Å². The van der Waals surface area contributed by atoms with Gasteiger partial charge in [0.15, 0.2) is 9.84 Å². The first kappa shape index (κ1) is 27.1. The summed E-state index contributed by atoms with van der Waals surface area (Å²) < 4.78 is 32.3. The average molecular weight is 507 g/mol. The minimum absolute atomic E-state index is 0.0166. The second kappa shape index (κ2) is 11.5. The summed E-state index contributed by atoms with van der Waals surface area (Å²) >= 11 is 0. The van der Waals surface area contributed by atoms with Gasteiger partial charge in [-0.2, -0.15) is 0 Å². The van der Waals surface area contributed by atoms with Crippen molar-refractivity contribution in [1.82, 2.24) is 0 Å². The maximum absolute atomic E-state index is 12.7. The first-order valence-corrected chi connectivity index (χ1v) is 15.8. The predicted octanol–water partition coefficient (Wildman–Crippen LogP) is 6.01. The third-order valence-corrected chi connectivity index (χ3v) is 13.4. The monoisotopic (exact) mass is 506 g/mol. The molecule has 0 aliphatic heterocycles. The molecular weight excluding hydrogens is 468 g/mol. The Morgan fingerprint density at radius 1 is 0.857 bits per heavy atom. The fourth-order valence-corrected chi connectivity index (χ4v) is 10.4. The number of sulfone groups is 1. The van der Waals surface area contributed by atoms with Crippen LogP contribution in [0.3, 0.4) is 0 Å². The Morgan fingerprint density at radius 3 is 1.77 bits per heavy atom. The number of benzene rings is 3. The zero-order valence-corrected chi connectivity index (χ0v) is 23.4. The topological polar surface area (TPSA) is 43.4 Å². The van der Waals surface area contributed by atoms with Crippen LogP contribution in [0.4, 0.5) is 0 Å². The largest absolute Gasteiger partial charge is 0.407 e. The van der Waals surface area contributed by atoms with Crippen LogP contribution in [0, 0.1) is 5.92 Å². The number of hydrogen-bond acceptors (Lipinski definition) is 3. The van der Waals surface area contributed by atoms with Crippen molar-refractivity contribution < 1.29 is 12.8 Å². The second-order valence-corrected chi connectivity index (χ2v) is 16.6. The quantitative estimate of drug-likeness (QED) is 0.250. The van der Waals surface area contributed by atoms with E-state index in [0.29, 0.717) is 11.5 Å². The molecule has 0 unspecified atom stereocenters. The van der Waals surface area contributed by atoms with Crippen LogP contribution in [0.1, 0.15) is 41.0 Å². The Bertz CT molecular complexity index is 1160. The van der Waals surface area contributed by atoms with E-state index in [1.807, 2.05) is 19.1 Å². The molecule has 0 aliphatic carbocycles. The van der Waals surface area contributed by atoms with E-state index < -0.39 is 18.2 Å². The lowest BCUT2D eigenvalue weighted by molar-refractivity contribution is 0.276. The van der Waals surface area contributed by atoms with E-state index in [-0.39, 0.29) is 16.7 Å². The summed E-state index contributed by atoms with van der Waals surface area (Å²) in [5.74, 6) is 0.238. The fourth-order valence-electron chi connectivity index (χ4n) is 4.54. The summed E-state index contributed by atoms with van der Waals surface area (Å²) in [5.41, 5.74) is 1.08. The highest BCUT2D eigenvalue weighted by atomic mass is 32.2. The standard InChI is InChI=1S/C30H38O3SSi/c1-25(26(2)22-24-34(31,32)27-15-9-6-10-16-27)21-23-33-35(30(3,4)5,28-17-11-7-12-18-28)29-19-13-8-14-20-29/h6-20,22,25H,21,23-24H2,1-5H3/b26-22+/t25-/m0/s1. The fraction of sp³-hybridized carbons (Fsp3) is 0.333. The Labute approximate surface area is 212 Å². The van der Waals surface area contributed by atoms with Crippen molar-refractivity contribution in [3.8, 4) is 0 Å². The van der Waals surface area contributed by atoms with Crippen LogP contribution in [-0.2, 0) is 14.3 Å². The first-order valence-electron chi connectivity index (χ1n) is 12.3. The Hall–Kier alpha value is -2.47. The zero-order chi connectivity index (χ0) is 25.5. The van der Waals surface area contributed by atoms with Gasteiger partial charge in [-0.1, -0.05) is 118 Å². The minimum atomic E-state index is -3.32. The second-order valence-electron chi connectivity index (χ2n) is 10.2. The molecule has 0 amide bonds. The van der Waals surface area contributed by atoms with Gasteiger partial charge in [0.25, 0.3) is 8.32 Å². The van der Waals surface area contributed by atoms with Crippen LogP contribution < -0.4 is 10.4 Å². The van der Waals surface area contributed by atoms with Gasteiger partial charge in [-0.15, -0.1) is 0 Å². The molecule has 3 rings (SSSR count). The van der Waals surface area contributed by atoms with Crippen molar-refractivity contribution in [2.45, 2.75) is 51.0 Å². The molecule has 1 atom stereocenters. The minimum Gasteiger partial charge on any atom is -0.407 e. The van der Waals surface area contributed by atoms with E-state index in [2.05, 4.69) is 88.4 Å². The summed E-state index contributed by atoms with van der Waals surface area (Å²) in [6.45, 7) is 11.6. The molecule has 3 aromatic carbocycles. The molecule has 0 saturated carbocycles. The van der Waals surface area contributed by atoms with Gasteiger partial charge in [0.1, 0.15) is 0 Å². The van der Waals surface area contributed by atoms with E-state index in [4.69, 9.17) is 4.43 Å². The van der Waals surface area contributed by atoms with Crippen molar-refractivity contribution in [2.75, 3.05) is 12.4 Å². The van der Waals surface area contributed by atoms with Crippen molar-refractivity contribution in [3.05, 3.63) is 103 Å². The summed E-state index contributed by atoms with van der Waals surface area (Å²) in [6, 6.07) is 29.9. The first-order chi connectivity index (χ1) is 16.6. The zero-order valence-electron chi connectivity index (χ0n) is 21.6. The third-order valence-electron chi connectivity index (χ3n) is 6.79. The SMILES string of the molecule is C/C(=C\CS(=O)(=O)c1ccccc1)[C@@H](C)CCO[Si](c1ccccc1)(c1ccccc1)C(C)(C)C. The van der Waals surface area contributed by atoms with Crippen LogP contribution in [0.2, 0.25) is 5.04 Å². The molecule has 3 aromatic rings. The van der Waals surface area contributed by atoms with Crippen LogP contribution in [0.25, 0.3) is 0 Å². The smallest absolute Gasteiger partial charge is 0.261 e. The molecule has 3 nitrogen and oxygen atoms in total. The average Bonchev–Trinajstić information content (AvgIpc) is 2.86. The molecule has 5 heteroatoms. The summed E-state index contributed by atoms with van der Waals surface area (Å²) in [4.78, 5) is 0.367. The molecule has 0 bridgehead atoms. The molecule has 0 N–H and O–H groups in total. The molecule has 0 aromatic heterocycles. The van der Waals surface area contributed by atoms with Crippen molar-refractivity contribution in [1.29, 1.82) is 0 Å². The van der Waals surface area contributed by atoms with Gasteiger partial charge in [-0.05, 0) is 46.8 Å². The lowest BCUT2D eigenvalue weighted by Crippen LogP contribution is -2.66. The lowest BCUT2D eigenvalue weighted by Gasteiger charge is -2.43. The van der Waals surface area contributed by atoms with Gasteiger partial charge in [0.05, 0.1) is 10.6 Å². The summed E-state index contributed by atoms with van der Waals surface area (Å²) in [5, 5.41) is 2.48.